The molecule has 8 heteroatoms. The van der Waals surface area contributed by atoms with Gasteiger partial charge in [0.2, 0.25) is 5.91 Å². The van der Waals surface area contributed by atoms with Crippen LogP contribution in [0, 0.1) is 16.0 Å². The highest BCUT2D eigenvalue weighted by molar-refractivity contribution is 5.85. The van der Waals surface area contributed by atoms with Gasteiger partial charge in [0.15, 0.2) is 0 Å². The highest BCUT2D eigenvalue weighted by Gasteiger charge is 2.26. The Morgan fingerprint density at radius 3 is 2.77 bits per heavy atom. The minimum Gasteiger partial charge on any atom is -0.360 e. The largest absolute Gasteiger partial charge is 0.360 e. The Hall–Kier alpha value is -1.86. The van der Waals surface area contributed by atoms with Crippen LogP contribution in [0.3, 0.4) is 0 Å². The number of nitrogens with zero attached hydrogens (tertiary/aromatic N) is 3. The van der Waals surface area contributed by atoms with Gasteiger partial charge >= 0.3 is 0 Å². The number of nitro groups is 1. The normalized spacial score (nSPS) is 17.0. The summed E-state index contributed by atoms with van der Waals surface area (Å²) in [5.74, 6) is 0.344. The molecule has 0 aliphatic carbocycles. The fourth-order valence-electron chi connectivity index (χ4n) is 2.58. The van der Waals surface area contributed by atoms with Crippen molar-refractivity contribution in [3.8, 4) is 0 Å². The Labute approximate surface area is 135 Å². The second-order valence-electron chi connectivity index (χ2n) is 5.33. The van der Waals surface area contributed by atoms with Crippen molar-refractivity contribution in [1.29, 1.82) is 0 Å². The van der Waals surface area contributed by atoms with E-state index in [1.165, 1.54) is 6.07 Å². The van der Waals surface area contributed by atoms with Crippen LogP contribution in [0.15, 0.2) is 24.3 Å². The van der Waals surface area contributed by atoms with E-state index in [-0.39, 0.29) is 30.5 Å². The van der Waals surface area contributed by atoms with Crippen LogP contribution in [-0.4, -0.2) is 49.0 Å². The lowest BCUT2D eigenvalue weighted by molar-refractivity contribution is -0.384. The second kappa shape index (κ2) is 7.95. The van der Waals surface area contributed by atoms with Gasteiger partial charge in [-0.05, 0) is 24.9 Å². The van der Waals surface area contributed by atoms with Crippen LogP contribution in [0.25, 0.3) is 0 Å². The first-order chi connectivity index (χ1) is 10.0. The zero-order valence-electron chi connectivity index (χ0n) is 12.5. The molecule has 1 heterocycles. The summed E-state index contributed by atoms with van der Waals surface area (Å²) in [6.07, 6.45) is 0.928. The molecular weight excluding hydrogens is 308 g/mol. The first-order valence-electron chi connectivity index (χ1n) is 6.95. The molecule has 122 valence electrons. The standard InChI is InChI=1S/C14H20N4O3.ClH/c1-16(12-4-2-3-5-13(12)18(20)21)10-14(19)17-7-6-11(8-15)9-17;/h2-5,11H,6-10,15H2,1H3;1H. The Morgan fingerprint density at radius 1 is 1.50 bits per heavy atom. The summed E-state index contributed by atoms with van der Waals surface area (Å²) in [4.78, 5) is 26.2. The van der Waals surface area contributed by atoms with Gasteiger partial charge < -0.3 is 15.5 Å². The van der Waals surface area contributed by atoms with Gasteiger partial charge in [-0.3, -0.25) is 14.9 Å². The molecule has 2 rings (SSSR count). The molecule has 1 aliphatic heterocycles. The number of benzene rings is 1. The molecule has 7 nitrogen and oxygen atoms in total. The fourth-order valence-corrected chi connectivity index (χ4v) is 2.58. The lowest BCUT2D eigenvalue weighted by Gasteiger charge is -2.23. The molecule has 1 atom stereocenters. The number of nitrogens with two attached hydrogens (primary N) is 1. The van der Waals surface area contributed by atoms with Crippen LogP contribution in [-0.2, 0) is 4.79 Å². The predicted molar refractivity (Wildman–Crippen MR) is 87.4 cm³/mol. The number of likely N-dealkylation sites (tertiary alicyclic amines) is 1. The van der Waals surface area contributed by atoms with Gasteiger partial charge in [-0.2, -0.15) is 0 Å². The van der Waals surface area contributed by atoms with Crippen LogP contribution < -0.4 is 10.6 Å². The third kappa shape index (κ3) is 4.08. The van der Waals surface area contributed by atoms with Crippen LogP contribution >= 0.6 is 12.4 Å². The van der Waals surface area contributed by atoms with Crippen molar-refractivity contribution in [2.75, 3.05) is 38.1 Å². The number of hydrogen-bond donors (Lipinski definition) is 1. The minimum absolute atomic E-state index is 0. The molecule has 1 aromatic carbocycles. The molecular formula is C14H21ClN4O3. The first kappa shape index (κ1) is 18.2. The van der Waals surface area contributed by atoms with Gasteiger partial charge in [0, 0.05) is 26.2 Å². The molecule has 0 radical (unpaired) electrons. The second-order valence-corrected chi connectivity index (χ2v) is 5.33. The molecule has 0 saturated carbocycles. The summed E-state index contributed by atoms with van der Waals surface area (Å²) in [5.41, 5.74) is 6.08. The van der Waals surface area contributed by atoms with Crippen molar-refractivity contribution in [2.24, 2.45) is 11.7 Å². The predicted octanol–water partition coefficient (Wildman–Crippen LogP) is 1.26. The number of anilines is 1. The molecule has 1 amide bonds. The Morgan fingerprint density at radius 2 is 2.18 bits per heavy atom. The van der Waals surface area contributed by atoms with Crippen LogP contribution in [0.2, 0.25) is 0 Å². The van der Waals surface area contributed by atoms with E-state index < -0.39 is 4.92 Å². The smallest absolute Gasteiger partial charge is 0.292 e. The molecule has 22 heavy (non-hydrogen) atoms. The molecule has 0 bridgehead atoms. The fraction of sp³-hybridized carbons (Fsp3) is 0.500. The minimum atomic E-state index is -0.434. The molecule has 1 saturated heterocycles. The highest BCUT2D eigenvalue weighted by Crippen LogP contribution is 2.26. The summed E-state index contributed by atoms with van der Waals surface area (Å²) >= 11 is 0. The van der Waals surface area contributed by atoms with Crippen molar-refractivity contribution in [3.05, 3.63) is 34.4 Å². The van der Waals surface area contributed by atoms with Gasteiger partial charge in [-0.25, -0.2) is 0 Å². The Balaban J connectivity index is 0.00000242. The third-order valence-corrected chi connectivity index (χ3v) is 3.83. The van der Waals surface area contributed by atoms with E-state index in [1.807, 2.05) is 0 Å². The summed E-state index contributed by atoms with van der Waals surface area (Å²) in [5, 5.41) is 11.0. The quantitative estimate of drug-likeness (QED) is 0.649. The number of halogens is 1. The van der Waals surface area contributed by atoms with E-state index in [2.05, 4.69) is 0 Å². The maximum absolute atomic E-state index is 12.2. The number of carbonyl (C=O) groups excluding carboxylic acids is 1. The number of hydrogen-bond acceptors (Lipinski definition) is 5. The monoisotopic (exact) mass is 328 g/mol. The lowest BCUT2D eigenvalue weighted by Crippen LogP contribution is -2.38. The van der Waals surface area contributed by atoms with Crippen LogP contribution in [0.4, 0.5) is 11.4 Å². The van der Waals surface area contributed by atoms with Gasteiger partial charge in [0.1, 0.15) is 5.69 Å². The number of rotatable bonds is 5. The lowest BCUT2D eigenvalue weighted by atomic mass is 10.1. The van der Waals surface area contributed by atoms with Crippen LogP contribution in [0.5, 0.6) is 0 Å². The number of carbonyl (C=O) groups is 1. The molecule has 0 spiro atoms. The van der Waals surface area contributed by atoms with Crippen LogP contribution in [0.1, 0.15) is 6.42 Å². The third-order valence-electron chi connectivity index (χ3n) is 3.83. The zero-order valence-corrected chi connectivity index (χ0v) is 13.3. The van der Waals surface area contributed by atoms with E-state index in [0.717, 1.165) is 6.42 Å². The highest BCUT2D eigenvalue weighted by atomic mass is 35.5. The van der Waals surface area contributed by atoms with Gasteiger partial charge in [0.05, 0.1) is 11.5 Å². The molecule has 2 N–H and O–H groups in total. The average Bonchev–Trinajstić information content (AvgIpc) is 2.96. The number of nitro benzene ring substituents is 1. The zero-order chi connectivity index (χ0) is 15.4. The summed E-state index contributed by atoms with van der Waals surface area (Å²) in [6, 6.07) is 6.43. The van der Waals surface area contributed by atoms with E-state index in [4.69, 9.17) is 5.73 Å². The first-order valence-corrected chi connectivity index (χ1v) is 6.95. The number of para-hydroxylation sites is 2. The summed E-state index contributed by atoms with van der Waals surface area (Å²) in [7, 11) is 1.69. The van der Waals surface area contributed by atoms with Gasteiger partial charge in [0.25, 0.3) is 5.69 Å². The van der Waals surface area contributed by atoms with Crippen molar-refractivity contribution >= 4 is 29.7 Å². The molecule has 1 unspecified atom stereocenters. The maximum Gasteiger partial charge on any atom is 0.292 e. The molecule has 0 aromatic heterocycles. The summed E-state index contributed by atoms with van der Waals surface area (Å²) < 4.78 is 0. The Kier molecular flexibility index (Phi) is 6.58. The summed E-state index contributed by atoms with van der Waals surface area (Å²) in [6.45, 7) is 2.11. The van der Waals surface area contributed by atoms with Gasteiger partial charge in [-0.15, -0.1) is 12.4 Å². The molecule has 1 aromatic rings. The van der Waals surface area contributed by atoms with E-state index >= 15 is 0 Å². The number of amides is 1. The van der Waals surface area contributed by atoms with Crippen molar-refractivity contribution in [2.45, 2.75) is 6.42 Å². The van der Waals surface area contributed by atoms with Crippen molar-refractivity contribution < 1.29 is 9.72 Å². The maximum atomic E-state index is 12.2. The van der Waals surface area contributed by atoms with E-state index in [0.29, 0.717) is 31.2 Å². The number of likely N-dealkylation sites (N-methyl/N-ethyl adjacent to an activating group) is 1. The van der Waals surface area contributed by atoms with E-state index in [1.54, 1.807) is 35.0 Å². The van der Waals surface area contributed by atoms with Gasteiger partial charge in [-0.1, -0.05) is 12.1 Å². The average molecular weight is 329 g/mol. The van der Waals surface area contributed by atoms with Crippen molar-refractivity contribution in [1.82, 2.24) is 4.90 Å². The SMILES string of the molecule is CN(CC(=O)N1CCC(CN)C1)c1ccccc1[N+](=O)[O-].Cl. The molecule has 1 fully saturated rings. The van der Waals surface area contributed by atoms with Crippen molar-refractivity contribution in [3.63, 3.8) is 0 Å². The molecule has 1 aliphatic rings. The topological polar surface area (TPSA) is 92.7 Å². The Bertz CT molecular complexity index is 541. The van der Waals surface area contributed by atoms with E-state index in [9.17, 15) is 14.9 Å².